The third-order valence-electron chi connectivity index (χ3n) is 4.33. The van der Waals surface area contributed by atoms with Crippen LogP contribution < -0.4 is 10.6 Å². The van der Waals surface area contributed by atoms with Gasteiger partial charge in [0.15, 0.2) is 0 Å². The quantitative estimate of drug-likeness (QED) is 0.876. The molecule has 21 heavy (non-hydrogen) atoms. The van der Waals surface area contributed by atoms with Crippen molar-refractivity contribution in [2.45, 2.75) is 38.6 Å². The first-order valence-corrected chi connectivity index (χ1v) is 7.93. The summed E-state index contributed by atoms with van der Waals surface area (Å²) >= 11 is 0. The van der Waals surface area contributed by atoms with E-state index in [0.717, 1.165) is 56.7 Å². The summed E-state index contributed by atoms with van der Waals surface area (Å²) < 4.78 is 19.0. The summed E-state index contributed by atoms with van der Waals surface area (Å²) in [6, 6.07) is 5.14. The highest BCUT2D eigenvalue weighted by Crippen LogP contribution is 2.25. The molecule has 0 radical (unpaired) electrons. The van der Waals surface area contributed by atoms with Crippen LogP contribution in [0.1, 0.15) is 31.7 Å². The minimum Gasteiger partial charge on any atom is -0.381 e. The van der Waals surface area contributed by atoms with E-state index in [0.29, 0.717) is 5.92 Å². The zero-order chi connectivity index (χ0) is 15.2. The molecule has 1 saturated heterocycles. The van der Waals surface area contributed by atoms with Crippen LogP contribution in [-0.4, -0.2) is 32.8 Å². The Bertz CT molecular complexity index is 446. The summed E-state index contributed by atoms with van der Waals surface area (Å²) in [5, 5.41) is 0. The third kappa shape index (κ3) is 4.68. The van der Waals surface area contributed by atoms with Gasteiger partial charge >= 0.3 is 0 Å². The molecule has 3 nitrogen and oxygen atoms in total. The molecule has 1 aromatic rings. The number of benzene rings is 1. The van der Waals surface area contributed by atoms with Crippen LogP contribution in [0.5, 0.6) is 0 Å². The molecule has 1 atom stereocenters. The number of nitrogens with zero attached hydrogens (tertiary/aromatic N) is 1. The van der Waals surface area contributed by atoms with Crippen molar-refractivity contribution in [3.8, 4) is 0 Å². The van der Waals surface area contributed by atoms with Gasteiger partial charge in [-0.05, 0) is 55.4 Å². The fourth-order valence-corrected chi connectivity index (χ4v) is 2.93. The highest BCUT2D eigenvalue weighted by Gasteiger charge is 2.18. The Morgan fingerprint density at radius 1 is 1.38 bits per heavy atom. The first-order valence-electron chi connectivity index (χ1n) is 7.93. The molecular weight excluding hydrogens is 267 g/mol. The van der Waals surface area contributed by atoms with Gasteiger partial charge < -0.3 is 15.4 Å². The Morgan fingerprint density at radius 3 is 2.76 bits per heavy atom. The standard InChI is InChI=1S/C17H27FN2O/c1-3-16(19)11-14-10-15(18)4-5-17(14)20(2)12-13-6-8-21-9-7-13/h4-5,10,13,16H,3,6-9,11-12,19H2,1-2H3. The Balaban J connectivity index is 2.09. The Morgan fingerprint density at radius 2 is 2.10 bits per heavy atom. The minimum absolute atomic E-state index is 0.0852. The predicted octanol–water partition coefficient (Wildman–Crippen LogP) is 2.97. The molecular formula is C17H27FN2O. The molecule has 1 fully saturated rings. The highest BCUT2D eigenvalue weighted by molar-refractivity contribution is 5.53. The highest BCUT2D eigenvalue weighted by atomic mass is 19.1. The van der Waals surface area contributed by atoms with Crippen LogP contribution in [0.25, 0.3) is 0 Å². The molecule has 1 unspecified atom stereocenters. The van der Waals surface area contributed by atoms with E-state index in [-0.39, 0.29) is 11.9 Å². The summed E-state index contributed by atoms with van der Waals surface area (Å²) in [6.45, 7) is 4.77. The maximum absolute atomic E-state index is 13.5. The van der Waals surface area contributed by atoms with E-state index >= 15 is 0 Å². The number of ether oxygens (including phenoxy) is 1. The van der Waals surface area contributed by atoms with Crippen LogP contribution in [0.4, 0.5) is 10.1 Å². The lowest BCUT2D eigenvalue weighted by atomic mass is 9.98. The van der Waals surface area contributed by atoms with Gasteiger partial charge in [-0.15, -0.1) is 0 Å². The van der Waals surface area contributed by atoms with E-state index in [4.69, 9.17) is 10.5 Å². The van der Waals surface area contributed by atoms with Gasteiger partial charge in [-0.25, -0.2) is 4.39 Å². The second-order valence-electron chi connectivity index (χ2n) is 6.08. The number of hydrogen-bond donors (Lipinski definition) is 1. The number of hydrogen-bond acceptors (Lipinski definition) is 3. The lowest BCUT2D eigenvalue weighted by Crippen LogP contribution is -2.31. The molecule has 0 amide bonds. The summed E-state index contributed by atoms with van der Waals surface area (Å²) in [4.78, 5) is 2.24. The van der Waals surface area contributed by atoms with Gasteiger partial charge in [-0.2, -0.15) is 0 Å². The van der Waals surface area contributed by atoms with Crippen molar-refractivity contribution in [2.75, 3.05) is 31.7 Å². The lowest BCUT2D eigenvalue weighted by Gasteiger charge is -2.30. The van der Waals surface area contributed by atoms with Crippen LogP contribution in [-0.2, 0) is 11.2 Å². The normalized spacial score (nSPS) is 17.7. The van der Waals surface area contributed by atoms with E-state index in [1.165, 1.54) is 6.07 Å². The van der Waals surface area contributed by atoms with Crippen LogP contribution >= 0.6 is 0 Å². The average molecular weight is 294 g/mol. The number of rotatable bonds is 6. The van der Waals surface area contributed by atoms with E-state index < -0.39 is 0 Å². The Kier molecular flexibility index (Phi) is 6.00. The van der Waals surface area contributed by atoms with Gasteiger partial charge in [-0.3, -0.25) is 0 Å². The van der Waals surface area contributed by atoms with Gasteiger partial charge in [0.25, 0.3) is 0 Å². The molecule has 118 valence electrons. The summed E-state index contributed by atoms with van der Waals surface area (Å²) in [5.41, 5.74) is 8.17. The molecule has 0 spiro atoms. The molecule has 0 aliphatic carbocycles. The van der Waals surface area contributed by atoms with Crippen molar-refractivity contribution in [3.05, 3.63) is 29.6 Å². The molecule has 1 heterocycles. The number of nitrogens with two attached hydrogens (primary N) is 1. The summed E-state index contributed by atoms with van der Waals surface area (Å²) in [5.74, 6) is 0.470. The van der Waals surface area contributed by atoms with Gasteiger partial charge in [0, 0.05) is 38.5 Å². The second kappa shape index (κ2) is 7.76. The Labute approximate surface area is 127 Å². The van der Waals surface area contributed by atoms with E-state index in [1.54, 1.807) is 6.07 Å². The maximum Gasteiger partial charge on any atom is 0.123 e. The molecule has 1 aliphatic heterocycles. The molecule has 0 saturated carbocycles. The molecule has 1 aromatic carbocycles. The molecule has 2 N–H and O–H groups in total. The first-order chi connectivity index (χ1) is 10.1. The van der Waals surface area contributed by atoms with Crippen LogP contribution in [0.3, 0.4) is 0 Å². The van der Waals surface area contributed by atoms with Crippen LogP contribution in [0, 0.1) is 11.7 Å². The zero-order valence-corrected chi connectivity index (χ0v) is 13.1. The third-order valence-corrected chi connectivity index (χ3v) is 4.33. The van der Waals surface area contributed by atoms with Crippen LogP contribution in [0.15, 0.2) is 18.2 Å². The zero-order valence-electron chi connectivity index (χ0n) is 13.1. The fourth-order valence-electron chi connectivity index (χ4n) is 2.93. The van der Waals surface area contributed by atoms with Gasteiger partial charge in [0.1, 0.15) is 5.82 Å². The first kappa shape index (κ1) is 16.2. The van der Waals surface area contributed by atoms with Crippen molar-refractivity contribution in [1.29, 1.82) is 0 Å². The van der Waals surface area contributed by atoms with E-state index in [1.807, 2.05) is 6.07 Å². The van der Waals surface area contributed by atoms with E-state index in [9.17, 15) is 4.39 Å². The number of halogens is 1. The summed E-state index contributed by atoms with van der Waals surface area (Å²) in [6.07, 6.45) is 3.84. The van der Waals surface area contributed by atoms with Crippen LogP contribution in [0.2, 0.25) is 0 Å². The van der Waals surface area contributed by atoms with Gasteiger partial charge in [0.2, 0.25) is 0 Å². The van der Waals surface area contributed by atoms with Crippen molar-refractivity contribution >= 4 is 5.69 Å². The topological polar surface area (TPSA) is 38.5 Å². The van der Waals surface area contributed by atoms with Crippen molar-refractivity contribution in [2.24, 2.45) is 11.7 Å². The smallest absolute Gasteiger partial charge is 0.123 e. The molecule has 0 bridgehead atoms. The average Bonchev–Trinajstić information content (AvgIpc) is 2.48. The fraction of sp³-hybridized carbons (Fsp3) is 0.647. The van der Waals surface area contributed by atoms with Crippen molar-refractivity contribution in [1.82, 2.24) is 0 Å². The molecule has 4 heteroatoms. The predicted molar refractivity (Wildman–Crippen MR) is 85.2 cm³/mol. The van der Waals surface area contributed by atoms with Crippen molar-refractivity contribution in [3.63, 3.8) is 0 Å². The monoisotopic (exact) mass is 294 g/mol. The molecule has 0 aromatic heterocycles. The maximum atomic E-state index is 13.5. The molecule has 1 aliphatic rings. The SMILES string of the molecule is CCC(N)Cc1cc(F)ccc1N(C)CC1CCOCC1. The largest absolute Gasteiger partial charge is 0.381 e. The Hall–Kier alpha value is -1.13. The molecule has 2 rings (SSSR count). The van der Waals surface area contributed by atoms with Gasteiger partial charge in [-0.1, -0.05) is 6.92 Å². The van der Waals surface area contributed by atoms with Crippen molar-refractivity contribution < 1.29 is 9.13 Å². The number of anilines is 1. The lowest BCUT2D eigenvalue weighted by molar-refractivity contribution is 0.0685. The summed E-state index contributed by atoms with van der Waals surface area (Å²) in [7, 11) is 2.09. The van der Waals surface area contributed by atoms with E-state index in [2.05, 4.69) is 18.9 Å². The minimum atomic E-state index is -0.184. The van der Waals surface area contributed by atoms with Gasteiger partial charge in [0.05, 0.1) is 0 Å². The second-order valence-corrected chi connectivity index (χ2v) is 6.08.